The first kappa shape index (κ1) is 9.48. The molecule has 0 aromatic carbocycles. The smallest absolute Gasteiger partial charge is 0.245 e. The van der Waals surface area contributed by atoms with Crippen molar-refractivity contribution in [2.75, 3.05) is 7.11 Å². The van der Waals surface area contributed by atoms with E-state index in [2.05, 4.69) is 0 Å². The van der Waals surface area contributed by atoms with Gasteiger partial charge in [0.2, 0.25) is 5.66 Å². The van der Waals surface area contributed by atoms with Crippen LogP contribution >= 0.6 is 0 Å². The molecule has 0 saturated heterocycles. The van der Waals surface area contributed by atoms with Crippen LogP contribution in [0.3, 0.4) is 0 Å². The van der Waals surface area contributed by atoms with Crippen molar-refractivity contribution >= 4 is 6.21 Å². The van der Waals surface area contributed by atoms with E-state index in [1.165, 1.54) is 0 Å². The molecule has 4 nitrogen and oxygen atoms in total. The first-order valence-corrected chi connectivity index (χ1v) is 3.99. The minimum Gasteiger partial charge on any atom is -0.623 e. The summed E-state index contributed by atoms with van der Waals surface area (Å²) in [6, 6.07) is 0. The predicted octanol–water partition coefficient (Wildman–Crippen LogP) is 0.959. The molecule has 0 aromatic heterocycles. The lowest BCUT2D eigenvalue weighted by molar-refractivity contribution is -0.579. The van der Waals surface area contributed by atoms with E-state index in [9.17, 15) is 5.21 Å². The van der Waals surface area contributed by atoms with Gasteiger partial charge < -0.3 is 5.21 Å². The third-order valence-electron chi connectivity index (χ3n) is 2.18. The number of hydrogen-bond acceptors (Lipinski definition) is 3. The van der Waals surface area contributed by atoms with E-state index in [-0.39, 0.29) is 5.54 Å². The molecule has 1 aliphatic rings. The third kappa shape index (κ3) is 1.11. The second-order valence-electron chi connectivity index (χ2n) is 4.08. The quantitative estimate of drug-likeness (QED) is 0.437. The normalized spacial score (nSPS) is 27.2. The van der Waals surface area contributed by atoms with Crippen LogP contribution in [-0.4, -0.2) is 34.3 Å². The van der Waals surface area contributed by atoms with E-state index in [0.717, 1.165) is 4.74 Å². The average Bonchev–Trinajstić information content (AvgIpc) is 1.99. The van der Waals surface area contributed by atoms with Gasteiger partial charge in [-0.25, -0.2) is 0 Å². The lowest BCUT2D eigenvalue weighted by Crippen LogP contribution is -2.51. The van der Waals surface area contributed by atoms with E-state index >= 15 is 0 Å². The summed E-state index contributed by atoms with van der Waals surface area (Å²) in [6.45, 7) is 7.54. The summed E-state index contributed by atoms with van der Waals surface area (Å²) in [7, 11) is 1.58. The van der Waals surface area contributed by atoms with Crippen molar-refractivity contribution in [1.29, 1.82) is 0 Å². The fourth-order valence-electron chi connectivity index (χ4n) is 1.75. The van der Waals surface area contributed by atoms with Crippen LogP contribution in [-0.2, 0) is 4.84 Å². The fourth-order valence-corrected chi connectivity index (χ4v) is 1.75. The first-order chi connectivity index (χ1) is 5.32. The molecule has 1 rings (SSSR count). The Labute approximate surface area is 73.0 Å². The molecule has 70 valence electrons. The van der Waals surface area contributed by atoms with E-state index in [0.29, 0.717) is 0 Å². The number of hydroxylamine groups is 3. The first-order valence-electron chi connectivity index (χ1n) is 3.99. The highest BCUT2D eigenvalue weighted by molar-refractivity contribution is 5.65. The summed E-state index contributed by atoms with van der Waals surface area (Å²) < 4.78 is 0.927. The summed E-state index contributed by atoms with van der Waals surface area (Å²) in [5.74, 6) is 0. The highest BCUT2D eigenvalue weighted by Gasteiger charge is 2.51. The molecule has 0 spiro atoms. The lowest BCUT2D eigenvalue weighted by Gasteiger charge is -2.32. The Balaban J connectivity index is 3.03. The van der Waals surface area contributed by atoms with Gasteiger partial charge in [0, 0.05) is 13.8 Å². The predicted molar refractivity (Wildman–Crippen MR) is 46.7 cm³/mol. The Morgan fingerprint density at radius 2 is 1.83 bits per heavy atom. The summed E-state index contributed by atoms with van der Waals surface area (Å²) in [4.78, 5) is 5.17. The van der Waals surface area contributed by atoms with Crippen molar-refractivity contribution in [3.63, 3.8) is 0 Å². The van der Waals surface area contributed by atoms with Crippen molar-refractivity contribution in [2.24, 2.45) is 0 Å². The number of rotatable bonds is 1. The summed E-state index contributed by atoms with van der Waals surface area (Å²) in [5.41, 5.74) is -0.946. The monoisotopic (exact) mass is 172 g/mol. The largest absolute Gasteiger partial charge is 0.623 e. The zero-order valence-electron chi connectivity index (χ0n) is 8.29. The molecule has 0 fully saturated rings. The van der Waals surface area contributed by atoms with E-state index in [1.54, 1.807) is 18.4 Å². The minimum absolute atomic E-state index is 0.333. The van der Waals surface area contributed by atoms with Crippen molar-refractivity contribution < 1.29 is 9.58 Å². The van der Waals surface area contributed by atoms with Crippen molar-refractivity contribution in [2.45, 2.75) is 38.9 Å². The second kappa shape index (κ2) is 2.44. The Morgan fingerprint density at radius 3 is 2.00 bits per heavy atom. The maximum absolute atomic E-state index is 11.4. The van der Waals surface area contributed by atoms with Gasteiger partial charge in [-0.2, -0.15) is 4.74 Å². The van der Waals surface area contributed by atoms with Crippen LogP contribution in [0.1, 0.15) is 27.7 Å². The molecule has 1 heterocycles. The van der Waals surface area contributed by atoms with Crippen LogP contribution in [0.5, 0.6) is 0 Å². The van der Waals surface area contributed by atoms with Crippen LogP contribution in [0.15, 0.2) is 0 Å². The second-order valence-corrected chi connectivity index (χ2v) is 4.08. The van der Waals surface area contributed by atoms with Crippen molar-refractivity contribution in [3.8, 4) is 0 Å². The van der Waals surface area contributed by atoms with E-state index in [1.807, 2.05) is 27.7 Å². The molecular weight excluding hydrogens is 156 g/mol. The highest BCUT2D eigenvalue weighted by atomic mass is 16.7. The van der Waals surface area contributed by atoms with Crippen molar-refractivity contribution in [1.82, 2.24) is 5.06 Å². The van der Waals surface area contributed by atoms with Crippen molar-refractivity contribution in [3.05, 3.63) is 5.21 Å². The maximum Gasteiger partial charge on any atom is 0.245 e. The van der Waals surface area contributed by atoms with Crippen LogP contribution in [0.4, 0.5) is 0 Å². The topological polar surface area (TPSA) is 38.5 Å². The molecule has 0 atom stereocenters. The van der Waals surface area contributed by atoms with Crippen LogP contribution in [0.2, 0.25) is 0 Å². The van der Waals surface area contributed by atoms with Gasteiger partial charge in [0.25, 0.3) is 0 Å². The van der Waals surface area contributed by atoms with Gasteiger partial charge in [-0.1, -0.05) is 0 Å². The molecule has 0 bridgehead atoms. The molecule has 0 aromatic rings. The number of hydrogen-bond donors (Lipinski definition) is 0. The van der Waals surface area contributed by atoms with Crippen LogP contribution in [0.25, 0.3) is 0 Å². The van der Waals surface area contributed by atoms with Gasteiger partial charge in [0.1, 0.15) is 5.54 Å². The highest BCUT2D eigenvalue weighted by Crippen LogP contribution is 2.29. The van der Waals surface area contributed by atoms with Gasteiger partial charge in [-0.3, -0.25) is 4.84 Å². The molecule has 0 unspecified atom stereocenters. The summed E-state index contributed by atoms with van der Waals surface area (Å²) in [6.07, 6.45) is 1.62. The molecule has 1 aliphatic heterocycles. The molecule has 0 amide bonds. The van der Waals surface area contributed by atoms with Gasteiger partial charge in [-0.15, -0.1) is 5.06 Å². The fraction of sp³-hybridized carbons (Fsp3) is 0.875. The molecule has 0 N–H and O–H groups in total. The molecule has 0 aliphatic carbocycles. The molecule has 0 radical (unpaired) electrons. The minimum atomic E-state index is -0.613. The van der Waals surface area contributed by atoms with Crippen LogP contribution < -0.4 is 0 Å². The molecular formula is C8H16N2O2. The molecule has 0 saturated carbocycles. The summed E-state index contributed by atoms with van der Waals surface area (Å²) in [5, 5.41) is 13.1. The SMILES string of the molecule is CON1C(C)(C)C=[N+]([O-])C1(C)C. The van der Waals surface area contributed by atoms with E-state index in [4.69, 9.17) is 4.84 Å². The average molecular weight is 172 g/mol. The van der Waals surface area contributed by atoms with Gasteiger partial charge in [-0.05, 0) is 13.8 Å². The van der Waals surface area contributed by atoms with Gasteiger partial charge >= 0.3 is 0 Å². The number of nitrogens with zero attached hydrogens (tertiary/aromatic N) is 2. The molecule has 12 heavy (non-hydrogen) atoms. The van der Waals surface area contributed by atoms with Crippen LogP contribution in [0, 0.1) is 5.21 Å². The Hall–Kier alpha value is -0.610. The zero-order valence-corrected chi connectivity index (χ0v) is 8.29. The standard InChI is InChI=1S/C8H16N2O2/c1-7(2)6-9(11)8(3,4)10(7)12-5/h6H,1-5H3. The third-order valence-corrected chi connectivity index (χ3v) is 2.18. The zero-order chi connectivity index (χ0) is 9.57. The lowest BCUT2D eigenvalue weighted by atomic mass is 10.1. The maximum atomic E-state index is 11.4. The van der Waals surface area contributed by atoms with Gasteiger partial charge in [0.05, 0.1) is 7.11 Å². The molecule has 4 heteroatoms. The van der Waals surface area contributed by atoms with Gasteiger partial charge in [0.15, 0.2) is 6.21 Å². The summed E-state index contributed by atoms with van der Waals surface area (Å²) >= 11 is 0. The Bertz CT molecular complexity index is 221. The Morgan fingerprint density at radius 1 is 1.33 bits per heavy atom. The Kier molecular flexibility index (Phi) is 1.92. The van der Waals surface area contributed by atoms with E-state index < -0.39 is 5.66 Å².